The molecule has 1 aliphatic heterocycles. The number of halogens is 1. The Morgan fingerprint density at radius 2 is 2.16 bits per heavy atom. The molecule has 2 rings (SSSR count). The van der Waals surface area contributed by atoms with Crippen LogP contribution in [0.5, 0.6) is 0 Å². The molecule has 0 aromatic heterocycles. The van der Waals surface area contributed by atoms with Crippen molar-refractivity contribution in [3.05, 3.63) is 33.8 Å². The van der Waals surface area contributed by atoms with Crippen LogP contribution in [0.3, 0.4) is 0 Å². The first-order valence-electron chi connectivity index (χ1n) is 6.58. The third-order valence-corrected chi connectivity index (χ3v) is 4.13. The summed E-state index contributed by atoms with van der Waals surface area (Å²) in [5, 5.41) is 2.79. The molecule has 0 radical (unpaired) electrons. The smallest absolute Gasteiger partial charge is 0.312 e. The van der Waals surface area contributed by atoms with Gasteiger partial charge in [0.15, 0.2) is 0 Å². The monoisotopic (exact) mass is 325 g/mol. The van der Waals surface area contributed by atoms with E-state index in [1.807, 2.05) is 0 Å². The summed E-state index contributed by atoms with van der Waals surface area (Å²) in [6, 6.07) is 6.23. The number of hydrogen-bond donors (Lipinski definition) is 2. The number of piperidine rings is 1. The summed E-state index contributed by atoms with van der Waals surface area (Å²) in [4.78, 5) is 13.2. The number of primary amides is 1. The molecule has 3 N–H and O–H groups in total. The van der Waals surface area contributed by atoms with Gasteiger partial charge in [-0.2, -0.15) is 0 Å². The second-order valence-electron chi connectivity index (χ2n) is 5.13. The van der Waals surface area contributed by atoms with E-state index in [1.165, 1.54) is 11.1 Å². The number of aryl methyl sites for hydroxylation is 1. The fourth-order valence-corrected chi connectivity index (χ4v) is 2.99. The van der Waals surface area contributed by atoms with Crippen molar-refractivity contribution >= 4 is 22.0 Å². The number of nitrogens with zero attached hydrogens (tertiary/aromatic N) is 1. The predicted molar refractivity (Wildman–Crippen MR) is 79.9 cm³/mol. The van der Waals surface area contributed by atoms with Crippen LogP contribution in [-0.4, -0.2) is 30.1 Å². The fourth-order valence-electron chi connectivity index (χ4n) is 2.51. The van der Waals surface area contributed by atoms with Gasteiger partial charge in [0, 0.05) is 30.1 Å². The van der Waals surface area contributed by atoms with Crippen LogP contribution in [0, 0.1) is 6.92 Å². The zero-order valence-electron chi connectivity index (χ0n) is 11.2. The van der Waals surface area contributed by atoms with E-state index in [2.05, 4.69) is 51.3 Å². The molecule has 19 heavy (non-hydrogen) atoms. The lowest BCUT2D eigenvalue weighted by atomic mass is 10.0. The van der Waals surface area contributed by atoms with Crippen molar-refractivity contribution in [1.29, 1.82) is 0 Å². The van der Waals surface area contributed by atoms with Crippen LogP contribution in [-0.2, 0) is 6.54 Å². The molecule has 1 aliphatic rings. The van der Waals surface area contributed by atoms with E-state index < -0.39 is 6.03 Å². The number of nitrogens with one attached hydrogen (secondary N) is 1. The van der Waals surface area contributed by atoms with Crippen LogP contribution in [0.4, 0.5) is 4.79 Å². The number of nitrogens with two attached hydrogens (primary N) is 1. The molecule has 5 heteroatoms. The molecule has 1 fully saturated rings. The quantitative estimate of drug-likeness (QED) is 0.896. The standard InChI is InChI=1S/C14H20BrN3O/c1-10-8-12(15)3-2-11(10)9-18-6-4-13(5-7-18)17-14(16)19/h2-3,8,13H,4-7,9H2,1H3,(H3,16,17,19). The van der Waals surface area contributed by atoms with Gasteiger partial charge in [0.2, 0.25) is 0 Å². The molecule has 1 aromatic carbocycles. The van der Waals surface area contributed by atoms with Crippen LogP contribution in [0.15, 0.2) is 22.7 Å². The van der Waals surface area contributed by atoms with Crippen LogP contribution in [0.2, 0.25) is 0 Å². The van der Waals surface area contributed by atoms with E-state index in [0.29, 0.717) is 0 Å². The highest BCUT2D eigenvalue weighted by Gasteiger charge is 2.20. The van der Waals surface area contributed by atoms with E-state index in [-0.39, 0.29) is 6.04 Å². The number of carbonyl (C=O) groups is 1. The summed E-state index contributed by atoms with van der Waals surface area (Å²) >= 11 is 3.49. The SMILES string of the molecule is Cc1cc(Br)ccc1CN1CCC(NC(N)=O)CC1. The van der Waals surface area contributed by atoms with Crippen molar-refractivity contribution in [1.82, 2.24) is 10.2 Å². The Morgan fingerprint density at radius 3 is 2.74 bits per heavy atom. The largest absolute Gasteiger partial charge is 0.352 e. The van der Waals surface area contributed by atoms with Gasteiger partial charge in [-0.05, 0) is 43.0 Å². The van der Waals surface area contributed by atoms with E-state index in [9.17, 15) is 4.79 Å². The normalized spacial score (nSPS) is 17.4. The van der Waals surface area contributed by atoms with Crippen molar-refractivity contribution < 1.29 is 4.79 Å². The molecule has 1 saturated heterocycles. The van der Waals surface area contributed by atoms with Gasteiger partial charge in [0.1, 0.15) is 0 Å². The van der Waals surface area contributed by atoms with Crippen molar-refractivity contribution in [2.45, 2.75) is 32.4 Å². The number of carbonyl (C=O) groups excluding carboxylic acids is 1. The summed E-state index contributed by atoms with van der Waals surface area (Å²) < 4.78 is 1.12. The highest BCUT2D eigenvalue weighted by Crippen LogP contribution is 2.19. The van der Waals surface area contributed by atoms with Crippen molar-refractivity contribution in [3.8, 4) is 0 Å². The number of amides is 2. The second kappa shape index (κ2) is 6.39. The third-order valence-electron chi connectivity index (χ3n) is 3.63. The molecule has 104 valence electrons. The molecule has 4 nitrogen and oxygen atoms in total. The Balaban J connectivity index is 1.87. The Bertz CT molecular complexity index is 456. The predicted octanol–water partition coefficient (Wildman–Crippen LogP) is 2.39. The molecule has 1 aromatic rings. The first-order valence-corrected chi connectivity index (χ1v) is 7.37. The number of likely N-dealkylation sites (tertiary alicyclic amines) is 1. The highest BCUT2D eigenvalue weighted by atomic mass is 79.9. The minimum Gasteiger partial charge on any atom is -0.352 e. The van der Waals surface area contributed by atoms with E-state index in [4.69, 9.17) is 5.73 Å². The van der Waals surface area contributed by atoms with Gasteiger partial charge in [0.05, 0.1) is 0 Å². The summed E-state index contributed by atoms with van der Waals surface area (Å²) in [5.41, 5.74) is 7.82. The minimum atomic E-state index is -0.415. The van der Waals surface area contributed by atoms with Crippen molar-refractivity contribution in [2.75, 3.05) is 13.1 Å². The lowest BCUT2D eigenvalue weighted by Crippen LogP contribution is -2.46. The van der Waals surface area contributed by atoms with Gasteiger partial charge in [0.25, 0.3) is 0 Å². The van der Waals surface area contributed by atoms with Gasteiger partial charge in [-0.1, -0.05) is 22.0 Å². The molecule has 0 aliphatic carbocycles. The lowest BCUT2D eigenvalue weighted by Gasteiger charge is -2.32. The Kier molecular flexibility index (Phi) is 4.82. The summed E-state index contributed by atoms with van der Waals surface area (Å²) in [6.07, 6.45) is 1.94. The maximum Gasteiger partial charge on any atom is 0.312 e. The zero-order valence-corrected chi connectivity index (χ0v) is 12.7. The van der Waals surface area contributed by atoms with Gasteiger partial charge >= 0.3 is 6.03 Å². The number of benzene rings is 1. The molecular weight excluding hydrogens is 306 g/mol. The molecule has 0 unspecified atom stereocenters. The molecule has 0 spiro atoms. The average molecular weight is 326 g/mol. The van der Waals surface area contributed by atoms with E-state index in [1.54, 1.807) is 0 Å². The van der Waals surface area contributed by atoms with Gasteiger partial charge in [-0.25, -0.2) is 4.79 Å². The van der Waals surface area contributed by atoms with Crippen molar-refractivity contribution in [3.63, 3.8) is 0 Å². The minimum absolute atomic E-state index is 0.236. The maximum atomic E-state index is 10.8. The summed E-state index contributed by atoms with van der Waals surface area (Å²) in [5.74, 6) is 0. The Labute approximate surface area is 122 Å². The maximum absolute atomic E-state index is 10.8. The summed E-state index contributed by atoms with van der Waals surface area (Å²) in [6.45, 7) is 5.12. The van der Waals surface area contributed by atoms with Gasteiger partial charge < -0.3 is 11.1 Å². The molecule has 1 heterocycles. The molecular formula is C14H20BrN3O. The first kappa shape index (κ1) is 14.3. The first-order chi connectivity index (χ1) is 9.04. The van der Waals surface area contributed by atoms with E-state index in [0.717, 1.165) is 36.9 Å². The Hall–Kier alpha value is -1.07. The van der Waals surface area contributed by atoms with Crippen LogP contribution < -0.4 is 11.1 Å². The fraction of sp³-hybridized carbons (Fsp3) is 0.500. The van der Waals surface area contributed by atoms with E-state index >= 15 is 0 Å². The lowest BCUT2D eigenvalue weighted by molar-refractivity contribution is 0.188. The van der Waals surface area contributed by atoms with Crippen LogP contribution in [0.1, 0.15) is 24.0 Å². The highest BCUT2D eigenvalue weighted by molar-refractivity contribution is 9.10. The third kappa shape index (κ3) is 4.21. The molecule has 0 atom stereocenters. The average Bonchev–Trinajstić information content (AvgIpc) is 2.34. The second-order valence-corrected chi connectivity index (χ2v) is 6.05. The van der Waals surface area contributed by atoms with Crippen LogP contribution >= 0.6 is 15.9 Å². The van der Waals surface area contributed by atoms with Crippen molar-refractivity contribution in [2.24, 2.45) is 5.73 Å². The van der Waals surface area contributed by atoms with Gasteiger partial charge in [-0.3, -0.25) is 4.90 Å². The number of hydrogen-bond acceptors (Lipinski definition) is 2. The topological polar surface area (TPSA) is 58.4 Å². The number of rotatable bonds is 3. The summed E-state index contributed by atoms with van der Waals surface area (Å²) in [7, 11) is 0. The van der Waals surface area contributed by atoms with Gasteiger partial charge in [-0.15, -0.1) is 0 Å². The van der Waals surface area contributed by atoms with Crippen LogP contribution in [0.25, 0.3) is 0 Å². The molecule has 0 saturated carbocycles. The molecule has 0 bridgehead atoms. The zero-order chi connectivity index (χ0) is 13.8. The Morgan fingerprint density at radius 1 is 1.47 bits per heavy atom. The molecule has 2 amide bonds. The number of urea groups is 1.